The van der Waals surface area contributed by atoms with Gasteiger partial charge < -0.3 is 19.3 Å². The number of hydrogen-bond acceptors (Lipinski definition) is 7. The zero-order valence-corrected chi connectivity index (χ0v) is 16.4. The summed E-state index contributed by atoms with van der Waals surface area (Å²) in [6, 6.07) is 6.04. The first-order chi connectivity index (χ1) is 12.7. The fourth-order valence-electron chi connectivity index (χ4n) is 3.27. The molecule has 0 bridgehead atoms. The molecule has 2 saturated heterocycles. The van der Waals surface area contributed by atoms with Crippen molar-refractivity contribution in [3.05, 3.63) is 23.8 Å². The maximum Gasteiger partial charge on any atom is 0.161 e. The van der Waals surface area contributed by atoms with Gasteiger partial charge in [0.15, 0.2) is 11.5 Å². The highest BCUT2D eigenvalue weighted by atomic mass is 32.2. The van der Waals surface area contributed by atoms with E-state index < -0.39 is 6.10 Å². The highest BCUT2D eigenvalue weighted by Crippen LogP contribution is 2.29. The average molecular weight is 383 g/mol. The Morgan fingerprint density at radius 1 is 1.12 bits per heavy atom. The molecular weight excluding hydrogens is 352 g/mol. The number of ether oxygens (including phenoxy) is 3. The number of aliphatic hydroxyl groups excluding tert-OH is 1. The summed E-state index contributed by atoms with van der Waals surface area (Å²) in [5, 5.41) is 10.3. The molecule has 0 saturated carbocycles. The molecule has 1 aromatic rings. The average Bonchev–Trinajstić information content (AvgIpc) is 2.68. The lowest BCUT2D eigenvalue weighted by Crippen LogP contribution is -2.40. The summed E-state index contributed by atoms with van der Waals surface area (Å²) >= 11 is 1.97. The molecule has 0 aliphatic carbocycles. The van der Waals surface area contributed by atoms with Crippen LogP contribution in [0.1, 0.15) is 5.56 Å². The van der Waals surface area contributed by atoms with Gasteiger partial charge in [-0.3, -0.25) is 9.80 Å². The summed E-state index contributed by atoms with van der Waals surface area (Å²) in [6.07, 6.45) is -0.490. The maximum absolute atomic E-state index is 10.3. The van der Waals surface area contributed by atoms with Crippen molar-refractivity contribution in [2.75, 3.05) is 71.2 Å². The molecule has 6 nitrogen and oxygen atoms in total. The molecule has 1 aromatic carbocycles. The van der Waals surface area contributed by atoms with Gasteiger partial charge in [0.05, 0.1) is 20.3 Å². The van der Waals surface area contributed by atoms with E-state index in [1.54, 1.807) is 7.11 Å². The van der Waals surface area contributed by atoms with Gasteiger partial charge in [-0.25, -0.2) is 0 Å². The molecule has 7 heteroatoms. The number of benzene rings is 1. The first-order valence-corrected chi connectivity index (χ1v) is 10.5. The van der Waals surface area contributed by atoms with Gasteiger partial charge in [-0.15, -0.1) is 0 Å². The Balaban J connectivity index is 1.50. The third kappa shape index (κ3) is 6.03. The molecule has 0 aromatic heterocycles. The van der Waals surface area contributed by atoms with E-state index >= 15 is 0 Å². The molecule has 2 aliphatic rings. The molecule has 1 unspecified atom stereocenters. The Bertz CT molecular complexity index is 548. The van der Waals surface area contributed by atoms with E-state index in [1.165, 1.54) is 5.56 Å². The number of rotatable bonds is 8. The van der Waals surface area contributed by atoms with Crippen LogP contribution in [0.3, 0.4) is 0 Å². The van der Waals surface area contributed by atoms with Gasteiger partial charge in [-0.1, -0.05) is 6.07 Å². The summed E-state index contributed by atoms with van der Waals surface area (Å²) in [7, 11) is 1.66. The van der Waals surface area contributed by atoms with E-state index in [0.29, 0.717) is 12.3 Å². The second-order valence-corrected chi connectivity index (χ2v) is 7.98. The van der Waals surface area contributed by atoms with Gasteiger partial charge in [0.1, 0.15) is 12.7 Å². The molecule has 3 rings (SSSR count). The number of hydrogen-bond donors (Lipinski definition) is 1. The van der Waals surface area contributed by atoms with Crippen molar-refractivity contribution in [2.24, 2.45) is 0 Å². The number of nitrogens with zero attached hydrogens (tertiary/aromatic N) is 2. The standard InChI is InChI=1S/C19H30N2O4S/c1-23-19-12-16(13-20-4-8-24-9-5-20)2-3-18(19)25-15-17(22)14-21-6-10-26-11-7-21/h2-3,12,17,22H,4-11,13-15H2,1H3. The topological polar surface area (TPSA) is 54.4 Å². The fourth-order valence-corrected chi connectivity index (χ4v) is 4.25. The van der Waals surface area contributed by atoms with Crippen LogP contribution < -0.4 is 9.47 Å². The lowest BCUT2D eigenvalue weighted by Gasteiger charge is -2.28. The second-order valence-electron chi connectivity index (χ2n) is 6.75. The van der Waals surface area contributed by atoms with Gasteiger partial charge in [0.25, 0.3) is 0 Å². The summed E-state index contributed by atoms with van der Waals surface area (Å²) in [4.78, 5) is 4.67. The van der Waals surface area contributed by atoms with Gasteiger partial charge in [0.2, 0.25) is 0 Å². The molecule has 26 heavy (non-hydrogen) atoms. The Hall–Kier alpha value is -0.990. The van der Waals surface area contributed by atoms with Gasteiger partial charge in [-0.2, -0.15) is 11.8 Å². The molecule has 2 aliphatic heterocycles. The predicted octanol–water partition coefficient (Wildman–Crippen LogP) is 1.32. The Morgan fingerprint density at radius 2 is 1.88 bits per heavy atom. The number of thioether (sulfide) groups is 1. The number of aliphatic hydroxyl groups is 1. The minimum absolute atomic E-state index is 0.281. The van der Waals surface area contributed by atoms with E-state index in [2.05, 4.69) is 15.9 Å². The summed E-state index contributed by atoms with van der Waals surface area (Å²) in [6.45, 7) is 7.43. The highest BCUT2D eigenvalue weighted by Gasteiger charge is 2.17. The predicted molar refractivity (Wildman–Crippen MR) is 104 cm³/mol. The minimum atomic E-state index is -0.490. The summed E-state index contributed by atoms with van der Waals surface area (Å²) in [5.74, 6) is 3.70. The fraction of sp³-hybridized carbons (Fsp3) is 0.684. The molecular formula is C19H30N2O4S. The second kappa shape index (κ2) is 10.4. The first kappa shape index (κ1) is 19.8. The van der Waals surface area contributed by atoms with Crippen molar-refractivity contribution in [3.63, 3.8) is 0 Å². The summed E-state index contributed by atoms with van der Waals surface area (Å²) in [5.41, 5.74) is 1.20. The largest absolute Gasteiger partial charge is 0.493 e. The summed E-state index contributed by atoms with van der Waals surface area (Å²) < 4.78 is 16.7. The maximum atomic E-state index is 10.3. The Morgan fingerprint density at radius 3 is 2.62 bits per heavy atom. The molecule has 0 radical (unpaired) electrons. The SMILES string of the molecule is COc1cc(CN2CCOCC2)ccc1OCC(O)CN1CCSCC1. The van der Waals surface area contributed by atoms with Crippen molar-refractivity contribution in [1.82, 2.24) is 9.80 Å². The monoisotopic (exact) mass is 382 g/mol. The van der Waals surface area contributed by atoms with Crippen LogP contribution in [0.25, 0.3) is 0 Å². The number of morpholine rings is 1. The van der Waals surface area contributed by atoms with Gasteiger partial charge in [0, 0.05) is 50.8 Å². The molecule has 2 heterocycles. The number of methoxy groups -OCH3 is 1. The van der Waals surface area contributed by atoms with Gasteiger partial charge >= 0.3 is 0 Å². The van der Waals surface area contributed by atoms with Crippen LogP contribution in [-0.2, 0) is 11.3 Å². The smallest absolute Gasteiger partial charge is 0.161 e. The molecule has 0 spiro atoms. The lowest BCUT2D eigenvalue weighted by atomic mass is 10.2. The van der Waals surface area contributed by atoms with E-state index in [1.807, 2.05) is 23.9 Å². The van der Waals surface area contributed by atoms with E-state index in [0.717, 1.165) is 63.2 Å². The van der Waals surface area contributed by atoms with Crippen molar-refractivity contribution in [1.29, 1.82) is 0 Å². The van der Waals surface area contributed by atoms with Crippen LogP contribution in [-0.4, -0.2) is 92.2 Å². The molecule has 1 N–H and O–H groups in total. The highest BCUT2D eigenvalue weighted by molar-refractivity contribution is 7.99. The molecule has 146 valence electrons. The molecule has 1 atom stereocenters. The van der Waals surface area contributed by atoms with E-state index in [-0.39, 0.29) is 6.61 Å². The first-order valence-electron chi connectivity index (χ1n) is 9.32. The van der Waals surface area contributed by atoms with Crippen LogP contribution in [0.2, 0.25) is 0 Å². The third-order valence-electron chi connectivity index (χ3n) is 4.74. The normalized spacial score (nSPS) is 20.7. The van der Waals surface area contributed by atoms with E-state index in [4.69, 9.17) is 14.2 Å². The quantitative estimate of drug-likeness (QED) is 0.728. The van der Waals surface area contributed by atoms with Crippen molar-refractivity contribution >= 4 is 11.8 Å². The third-order valence-corrected chi connectivity index (χ3v) is 5.68. The zero-order chi connectivity index (χ0) is 18.2. The van der Waals surface area contributed by atoms with Crippen LogP contribution in [0.5, 0.6) is 11.5 Å². The van der Waals surface area contributed by atoms with Gasteiger partial charge in [-0.05, 0) is 17.7 Å². The zero-order valence-electron chi connectivity index (χ0n) is 15.6. The Labute approximate surface area is 160 Å². The minimum Gasteiger partial charge on any atom is -0.493 e. The van der Waals surface area contributed by atoms with Crippen molar-refractivity contribution in [2.45, 2.75) is 12.6 Å². The molecule has 2 fully saturated rings. The van der Waals surface area contributed by atoms with Crippen LogP contribution in [0, 0.1) is 0 Å². The van der Waals surface area contributed by atoms with Crippen LogP contribution in [0.15, 0.2) is 18.2 Å². The Kier molecular flexibility index (Phi) is 7.88. The molecule has 0 amide bonds. The van der Waals surface area contributed by atoms with Crippen molar-refractivity contribution < 1.29 is 19.3 Å². The van der Waals surface area contributed by atoms with Crippen LogP contribution in [0.4, 0.5) is 0 Å². The lowest BCUT2D eigenvalue weighted by molar-refractivity contribution is 0.0341. The van der Waals surface area contributed by atoms with Crippen molar-refractivity contribution in [3.8, 4) is 11.5 Å². The number of β-amino-alcohol motifs (C(OH)–C–C–N with tert-alkyl or cyclic N) is 1. The van der Waals surface area contributed by atoms with E-state index in [9.17, 15) is 5.11 Å². The van der Waals surface area contributed by atoms with Crippen LogP contribution >= 0.6 is 11.8 Å².